The highest BCUT2D eigenvalue weighted by Crippen LogP contribution is 2.11. The third-order valence-corrected chi connectivity index (χ3v) is 2.04. The largest absolute Gasteiger partial charge is 0.366 e. The average Bonchev–Trinajstić information content (AvgIpc) is 2.47. The van der Waals surface area contributed by atoms with Gasteiger partial charge in [0.05, 0.1) is 16.8 Å². The molecule has 0 aromatic carbocycles. The predicted octanol–water partition coefficient (Wildman–Crippen LogP) is 0.445. The molecular weight excluding hydrogens is 180 g/mol. The summed E-state index contributed by atoms with van der Waals surface area (Å²) in [4.78, 5) is 15.1. The number of primary amides is 1. The molecule has 72 valence electrons. The lowest BCUT2D eigenvalue weighted by Crippen LogP contribution is -2.09. The van der Waals surface area contributed by atoms with Crippen LogP contribution in [0.1, 0.15) is 21.9 Å². The molecule has 2 heterocycles. The van der Waals surface area contributed by atoms with E-state index in [1.165, 1.54) is 0 Å². The van der Waals surface area contributed by atoms with Gasteiger partial charge in [0.25, 0.3) is 0 Å². The topological polar surface area (TPSA) is 73.3 Å². The van der Waals surface area contributed by atoms with Gasteiger partial charge < -0.3 is 5.73 Å². The SMILES string of the molecule is Cc1nc(C)c2cc(C(N)=O)cn2n1. The van der Waals surface area contributed by atoms with Crippen molar-refractivity contribution >= 4 is 11.4 Å². The van der Waals surface area contributed by atoms with E-state index >= 15 is 0 Å². The van der Waals surface area contributed by atoms with Crippen molar-refractivity contribution in [3.8, 4) is 0 Å². The zero-order valence-corrected chi connectivity index (χ0v) is 7.98. The lowest BCUT2D eigenvalue weighted by Gasteiger charge is -1.98. The second-order valence-corrected chi connectivity index (χ2v) is 3.17. The lowest BCUT2D eigenvalue weighted by molar-refractivity contribution is 0.100. The molecule has 2 N–H and O–H groups in total. The Morgan fingerprint density at radius 2 is 2.21 bits per heavy atom. The van der Waals surface area contributed by atoms with E-state index in [2.05, 4.69) is 10.1 Å². The van der Waals surface area contributed by atoms with E-state index < -0.39 is 5.91 Å². The van der Waals surface area contributed by atoms with Crippen LogP contribution in [0, 0.1) is 13.8 Å². The highest BCUT2D eigenvalue weighted by atomic mass is 16.1. The normalized spacial score (nSPS) is 10.7. The van der Waals surface area contributed by atoms with E-state index in [-0.39, 0.29) is 0 Å². The highest BCUT2D eigenvalue weighted by molar-refractivity contribution is 5.94. The number of nitrogens with zero attached hydrogens (tertiary/aromatic N) is 3. The van der Waals surface area contributed by atoms with Crippen LogP contribution in [0.2, 0.25) is 0 Å². The van der Waals surface area contributed by atoms with Gasteiger partial charge in [-0.3, -0.25) is 4.79 Å². The van der Waals surface area contributed by atoms with Crippen LogP contribution in [0.5, 0.6) is 0 Å². The number of rotatable bonds is 1. The van der Waals surface area contributed by atoms with E-state index in [1.54, 1.807) is 23.7 Å². The summed E-state index contributed by atoms with van der Waals surface area (Å²) in [7, 11) is 0. The Labute approximate surface area is 80.6 Å². The molecule has 0 spiro atoms. The molecule has 2 aromatic heterocycles. The molecule has 0 aliphatic carbocycles. The van der Waals surface area contributed by atoms with Crippen molar-refractivity contribution < 1.29 is 4.79 Å². The third-order valence-electron chi connectivity index (χ3n) is 2.04. The van der Waals surface area contributed by atoms with Crippen molar-refractivity contribution in [1.82, 2.24) is 14.6 Å². The Hall–Kier alpha value is -1.91. The van der Waals surface area contributed by atoms with E-state index in [1.807, 2.05) is 6.92 Å². The standard InChI is InChI=1S/C9H10N4O/c1-5-8-3-7(9(10)14)4-13(8)12-6(2)11-5/h3-4H,1-2H3,(H2,10,14). The molecule has 1 amide bonds. The lowest BCUT2D eigenvalue weighted by atomic mass is 10.3. The fraction of sp³-hybridized carbons (Fsp3) is 0.222. The van der Waals surface area contributed by atoms with Crippen molar-refractivity contribution in [2.45, 2.75) is 13.8 Å². The van der Waals surface area contributed by atoms with E-state index in [4.69, 9.17) is 5.73 Å². The Balaban J connectivity index is 2.76. The first-order chi connectivity index (χ1) is 6.58. The maximum atomic E-state index is 10.9. The number of hydrogen-bond acceptors (Lipinski definition) is 3. The van der Waals surface area contributed by atoms with Crippen LogP contribution >= 0.6 is 0 Å². The van der Waals surface area contributed by atoms with Crippen LogP contribution in [-0.2, 0) is 0 Å². The quantitative estimate of drug-likeness (QED) is 0.709. The van der Waals surface area contributed by atoms with E-state index in [0.29, 0.717) is 11.4 Å². The van der Waals surface area contributed by atoms with Crippen LogP contribution in [0.3, 0.4) is 0 Å². The molecule has 0 bridgehead atoms. The van der Waals surface area contributed by atoms with Crippen molar-refractivity contribution in [2.75, 3.05) is 0 Å². The molecule has 0 aliphatic heterocycles. The average molecular weight is 190 g/mol. The van der Waals surface area contributed by atoms with Gasteiger partial charge in [0.15, 0.2) is 0 Å². The fourth-order valence-corrected chi connectivity index (χ4v) is 1.42. The second-order valence-electron chi connectivity index (χ2n) is 3.17. The van der Waals surface area contributed by atoms with Gasteiger partial charge in [-0.15, -0.1) is 0 Å². The van der Waals surface area contributed by atoms with Gasteiger partial charge >= 0.3 is 0 Å². The minimum Gasteiger partial charge on any atom is -0.366 e. The molecule has 0 saturated carbocycles. The predicted molar refractivity (Wildman–Crippen MR) is 51.0 cm³/mol. The minimum atomic E-state index is -0.451. The van der Waals surface area contributed by atoms with Crippen molar-refractivity contribution in [2.24, 2.45) is 5.73 Å². The van der Waals surface area contributed by atoms with Crippen LogP contribution in [-0.4, -0.2) is 20.5 Å². The molecule has 0 radical (unpaired) electrons. The van der Waals surface area contributed by atoms with Crippen LogP contribution in [0.15, 0.2) is 12.3 Å². The molecule has 0 atom stereocenters. The summed E-state index contributed by atoms with van der Waals surface area (Å²) < 4.78 is 1.62. The molecule has 5 nitrogen and oxygen atoms in total. The van der Waals surface area contributed by atoms with Crippen LogP contribution < -0.4 is 5.73 Å². The summed E-state index contributed by atoms with van der Waals surface area (Å²) in [6.07, 6.45) is 1.61. The smallest absolute Gasteiger partial charge is 0.250 e. The molecule has 2 aromatic rings. The van der Waals surface area contributed by atoms with Gasteiger partial charge in [0, 0.05) is 6.20 Å². The molecular formula is C9H10N4O. The molecule has 14 heavy (non-hydrogen) atoms. The first kappa shape index (κ1) is 8.68. The summed E-state index contributed by atoms with van der Waals surface area (Å²) in [5.74, 6) is 0.217. The first-order valence-electron chi connectivity index (χ1n) is 4.21. The number of nitrogens with two attached hydrogens (primary N) is 1. The van der Waals surface area contributed by atoms with Crippen LogP contribution in [0.25, 0.3) is 5.52 Å². The van der Waals surface area contributed by atoms with Gasteiger partial charge in [0.1, 0.15) is 5.82 Å². The first-order valence-corrected chi connectivity index (χ1v) is 4.21. The van der Waals surface area contributed by atoms with Gasteiger partial charge in [-0.2, -0.15) is 5.10 Å². The number of hydrogen-bond donors (Lipinski definition) is 1. The zero-order valence-electron chi connectivity index (χ0n) is 7.98. The molecule has 2 rings (SSSR count). The van der Waals surface area contributed by atoms with E-state index in [0.717, 1.165) is 11.2 Å². The van der Waals surface area contributed by atoms with Gasteiger partial charge in [0.2, 0.25) is 5.91 Å². The van der Waals surface area contributed by atoms with Crippen molar-refractivity contribution in [3.05, 3.63) is 29.3 Å². The Morgan fingerprint density at radius 1 is 1.50 bits per heavy atom. The zero-order chi connectivity index (χ0) is 10.3. The van der Waals surface area contributed by atoms with Crippen molar-refractivity contribution in [3.63, 3.8) is 0 Å². The summed E-state index contributed by atoms with van der Waals surface area (Å²) in [6.45, 7) is 3.67. The molecule has 0 saturated heterocycles. The maximum Gasteiger partial charge on any atom is 0.250 e. The number of aromatic nitrogens is 3. The van der Waals surface area contributed by atoms with Crippen molar-refractivity contribution in [1.29, 1.82) is 0 Å². The number of carbonyl (C=O) groups excluding carboxylic acids is 1. The molecule has 0 aliphatic rings. The number of amides is 1. The molecule has 0 unspecified atom stereocenters. The Bertz CT molecular complexity index is 515. The summed E-state index contributed by atoms with van der Waals surface area (Å²) in [6, 6.07) is 1.69. The fourth-order valence-electron chi connectivity index (χ4n) is 1.42. The maximum absolute atomic E-state index is 10.9. The number of aryl methyl sites for hydroxylation is 2. The number of fused-ring (bicyclic) bond motifs is 1. The molecule has 5 heteroatoms. The number of carbonyl (C=O) groups is 1. The van der Waals surface area contributed by atoms with Gasteiger partial charge in [-0.05, 0) is 19.9 Å². The Kier molecular flexibility index (Phi) is 1.73. The summed E-state index contributed by atoms with van der Waals surface area (Å²) in [5.41, 5.74) is 7.26. The highest BCUT2D eigenvalue weighted by Gasteiger charge is 2.08. The van der Waals surface area contributed by atoms with Crippen LogP contribution in [0.4, 0.5) is 0 Å². The van der Waals surface area contributed by atoms with Gasteiger partial charge in [-0.25, -0.2) is 9.50 Å². The monoisotopic (exact) mass is 190 g/mol. The van der Waals surface area contributed by atoms with Gasteiger partial charge in [-0.1, -0.05) is 0 Å². The summed E-state index contributed by atoms with van der Waals surface area (Å²) in [5, 5.41) is 4.14. The minimum absolute atomic E-state index is 0.451. The summed E-state index contributed by atoms with van der Waals surface area (Å²) >= 11 is 0. The third kappa shape index (κ3) is 1.22. The second kappa shape index (κ2) is 2.80. The Morgan fingerprint density at radius 3 is 2.86 bits per heavy atom. The van der Waals surface area contributed by atoms with E-state index in [9.17, 15) is 4.79 Å². The molecule has 0 fully saturated rings.